The number of H-pyrrole nitrogens is 1. The molecule has 1 amide bonds. The highest BCUT2D eigenvalue weighted by atomic mass is 16.2. The lowest BCUT2D eigenvalue weighted by Crippen LogP contribution is -2.34. The van der Waals surface area contributed by atoms with Crippen molar-refractivity contribution in [2.45, 2.75) is 31.3 Å². The summed E-state index contributed by atoms with van der Waals surface area (Å²) in [6.45, 7) is 0. The summed E-state index contributed by atoms with van der Waals surface area (Å²) in [5.74, 6) is 0.0482. The Hall–Kier alpha value is -1.43. The van der Waals surface area contributed by atoms with E-state index in [9.17, 15) is 4.79 Å². The summed E-state index contributed by atoms with van der Waals surface area (Å²) in [4.78, 5) is 15.3. The number of carbonyl (C=O) groups is 1. The summed E-state index contributed by atoms with van der Waals surface area (Å²) in [6, 6.07) is 0.401. The van der Waals surface area contributed by atoms with Crippen molar-refractivity contribution in [2.75, 3.05) is 0 Å². The molecular formula is C8H13N5O. The molecule has 2 rings (SSSR count). The van der Waals surface area contributed by atoms with Crippen molar-refractivity contribution in [3.63, 3.8) is 0 Å². The number of carbonyl (C=O) groups excluding carboxylic acids is 1. The summed E-state index contributed by atoms with van der Waals surface area (Å²) < 4.78 is 0. The third-order valence-electron chi connectivity index (χ3n) is 2.44. The number of hydrogen-bond acceptors (Lipinski definition) is 4. The van der Waals surface area contributed by atoms with Crippen molar-refractivity contribution >= 4 is 5.91 Å². The fraction of sp³-hybridized carbons (Fsp3) is 0.625. The Morgan fingerprint density at radius 2 is 2.50 bits per heavy atom. The zero-order valence-corrected chi connectivity index (χ0v) is 7.73. The second-order valence-corrected chi connectivity index (χ2v) is 3.58. The fourth-order valence-corrected chi connectivity index (χ4v) is 1.72. The average Bonchev–Trinajstić information content (AvgIpc) is 2.75. The number of rotatable bonds is 2. The van der Waals surface area contributed by atoms with Crippen LogP contribution in [0.1, 0.15) is 29.9 Å². The lowest BCUT2D eigenvalue weighted by Gasteiger charge is -2.10. The number of aromatic nitrogens is 3. The van der Waals surface area contributed by atoms with E-state index in [1.807, 2.05) is 0 Å². The maximum atomic E-state index is 11.5. The Kier molecular flexibility index (Phi) is 2.45. The molecule has 1 aromatic heterocycles. The predicted octanol–water partition coefficient (Wildman–Crippen LogP) is -0.586. The van der Waals surface area contributed by atoms with Gasteiger partial charge in [-0.25, -0.2) is 4.98 Å². The monoisotopic (exact) mass is 195 g/mol. The summed E-state index contributed by atoms with van der Waals surface area (Å²) >= 11 is 0. The van der Waals surface area contributed by atoms with Crippen LogP contribution >= 0.6 is 0 Å². The molecule has 6 heteroatoms. The molecule has 2 atom stereocenters. The lowest BCUT2D eigenvalue weighted by molar-refractivity contribution is 0.0927. The molecule has 1 aromatic rings. The van der Waals surface area contributed by atoms with Gasteiger partial charge in [-0.15, -0.1) is 0 Å². The molecular weight excluding hydrogens is 182 g/mol. The first-order valence-electron chi connectivity index (χ1n) is 4.67. The van der Waals surface area contributed by atoms with Gasteiger partial charge in [0.05, 0.1) is 0 Å². The molecule has 14 heavy (non-hydrogen) atoms. The predicted molar refractivity (Wildman–Crippen MR) is 49.5 cm³/mol. The van der Waals surface area contributed by atoms with E-state index < -0.39 is 0 Å². The van der Waals surface area contributed by atoms with E-state index in [0.717, 1.165) is 19.3 Å². The van der Waals surface area contributed by atoms with E-state index in [1.165, 1.54) is 6.33 Å². The van der Waals surface area contributed by atoms with Gasteiger partial charge < -0.3 is 11.1 Å². The van der Waals surface area contributed by atoms with Crippen molar-refractivity contribution in [1.82, 2.24) is 20.5 Å². The molecule has 76 valence electrons. The standard InChI is InChI=1S/C8H13N5O/c9-5-1-2-6(3-5)12-8(14)7-10-4-11-13-7/h4-6H,1-3,9H2,(H,12,14)(H,10,11,13). The van der Waals surface area contributed by atoms with Gasteiger partial charge in [0, 0.05) is 12.1 Å². The van der Waals surface area contributed by atoms with Crippen molar-refractivity contribution in [3.8, 4) is 0 Å². The lowest BCUT2D eigenvalue weighted by atomic mass is 10.2. The minimum atomic E-state index is -0.207. The largest absolute Gasteiger partial charge is 0.347 e. The van der Waals surface area contributed by atoms with Gasteiger partial charge in [-0.3, -0.25) is 9.89 Å². The van der Waals surface area contributed by atoms with Crippen molar-refractivity contribution in [2.24, 2.45) is 5.73 Å². The minimum Gasteiger partial charge on any atom is -0.347 e. The van der Waals surface area contributed by atoms with E-state index in [2.05, 4.69) is 20.5 Å². The SMILES string of the molecule is NC1CCC(NC(=O)c2ncn[nH]2)C1. The van der Waals surface area contributed by atoms with Gasteiger partial charge in [-0.2, -0.15) is 5.10 Å². The van der Waals surface area contributed by atoms with Gasteiger partial charge in [0.15, 0.2) is 0 Å². The van der Waals surface area contributed by atoms with Gasteiger partial charge in [-0.05, 0) is 19.3 Å². The number of nitrogens with zero attached hydrogens (tertiary/aromatic N) is 2. The Labute approximate surface area is 81.3 Å². The van der Waals surface area contributed by atoms with Gasteiger partial charge >= 0.3 is 0 Å². The van der Waals surface area contributed by atoms with Gasteiger partial charge in [0.1, 0.15) is 6.33 Å². The van der Waals surface area contributed by atoms with Gasteiger partial charge in [-0.1, -0.05) is 0 Å². The first kappa shape index (κ1) is 9.14. The maximum absolute atomic E-state index is 11.5. The van der Waals surface area contributed by atoms with E-state index in [-0.39, 0.29) is 23.8 Å². The summed E-state index contributed by atoms with van der Waals surface area (Å²) in [6.07, 6.45) is 4.08. The van der Waals surface area contributed by atoms with Gasteiger partial charge in [0.2, 0.25) is 5.82 Å². The van der Waals surface area contributed by atoms with Crippen LogP contribution < -0.4 is 11.1 Å². The normalized spacial score (nSPS) is 26.4. The average molecular weight is 195 g/mol. The Balaban J connectivity index is 1.89. The molecule has 6 nitrogen and oxygen atoms in total. The summed E-state index contributed by atoms with van der Waals surface area (Å²) in [5.41, 5.74) is 5.73. The first-order valence-corrected chi connectivity index (χ1v) is 4.67. The molecule has 1 aliphatic rings. The number of aromatic amines is 1. The molecule has 0 saturated heterocycles. The maximum Gasteiger partial charge on any atom is 0.288 e. The van der Waals surface area contributed by atoms with Crippen molar-refractivity contribution in [3.05, 3.63) is 12.2 Å². The zero-order valence-electron chi connectivity index (χ0n) is 7.73. The zero-order chi connectivity index (χ0) is 9.97. The molecule has 1 fully saturated rings. The van der Waals surface area contributed by atoms with Crippen LogP contribution in [0.2, 0.25) is 0 Å². The molecule has 0 spiro atoms. The molecule has 1 saturated carbocycles. The van der Waals surface area contributed by atoms with Gasteiger partial charge in [0.25, 0.3) is 5.91 Å². The van der Waals surface area contributed by atoms with E-state index in [1.54, 1.807) is 0 Å². The molecule has 0 aliphatic heterocycles. The second kappa shape index (κ2) is 3.75. The summed E-state index contributed by atoms with van der Waals surface area (Å²) in [7, 11) is 0. The number of nitrogens with two attached hydrogens (primary N) is 1. The number of nitrogens with one attached hydrogen (secondary N) is 2. The Bertz CT molecular complexity index is 310. The molecule has 2 unspecified atom stereocenters. The fourth-order valence-electron chi connectivity index (χ4n) is 1.72. The molecule has 4 N–H and O–H groups in total. The molecule has 0 bridgehead atoms. The molecule has 1 aliphatic carbocycles. The Morgan fingerprint density at radius 3 is 3.07 bits per heavy atom. The van der Waals surface area contributed by atoms with Crippen LogP contribution in [0, 0.1) is 0 Å². The Morgan fingerprint density at radius 1 is 1.64 bits per heavy atom. The van der Waals surface area contributed by atoms with E-state index >= 15 is 0 Å². The highest BCUT2D eigenvalue weighted by molar-refractivity contribution is 5.90. The van der Waals surface area contributed by atoms with Crippen LogP contribution in [0.5, 0.6) is 0 Å². The first-order chi connectivity index (χ1) is 6.75. The third kappa shape index (κ3) is 1.90. The van der Waals surface area contributed by atoms with Crippen LogP contribution in [0.15, 0.2) is 6.33 Å². The van der Waals surface area contributed by atoms with Crippen molar-refractivity contribution < 1.29 is 4.79 Å². The van der Waals surface area contributed by atoms with Crippen LogP contribution in [0.3, 0.4) is 0 Å². The topological polar surface area (TPSA) is 96.7 Å². The van der Waals surface area contributed by atoms with Crippen LogP contribution in [0.4, 0.5) is 0 Å². The number of hydrogen-bond donors (Lipinski definition) is 3. The van der Waals surface area contributed by atoms with Crippen LogP contribution in [-0.4, -0.2) is 33.2 Å². The van der Waals surface area contributed by atoms with Crippen molar-refractivity contribution in [1.29, 1.82) is 0 Å². The second-order valence-electron chi connectivity index (χ2n) is 3.58. The smallest absolute Gasteiger partial charge is 0.288 e. The minimum absolute atomic E-state index is 0.183. The molecule has 1 heterocycles. The highest BCUT2D eigenvalue weighted by Gasteiger charge is 2.24. The quantitative estimate of drug-likeness (QED) is 0.587. The summed E-state index contributed by atoms with van der Waals surface area (Å²) in [5, 5.41) is 8.99. The molecule has 0 aromatic carbocycles. The van der Waals surface area contributed by atoms with Crippen LogP contribution in [0.25, 0.3) is 0 Å². The number of amides is 1. The van der Waals surface area contributed by atoms with E-state index in [0.29, 0.717) is 0 Å². The van der Waals surface area contributed by atoms with E-state index in [4.69, 9.17) is 5.73 Å². The molecule has 0 radical (unpaired) electrons. The third-order valence-corrected chi connectivity index (χ3v) is 2.44. The highest BCUT2D eigenvalue weighted by Crippen LogP contribution is 2.17. The van der Waals surface area contributed by atoms with Crippen LogP contribution in [-0.2, 0) is 0 Å².